The van der Waals surface area contributed by atoms with Gasteiger partial charge in [0.25, 0.3) is 11.9 Å². The van der Waals surface area contributed by atoms with Crippen LogP contribution in [0.25, 0.3) is 11.1 Å². The molecule has 4 N–H and O–H groups in total. The van der Waals surface area contributed by atoms with Crippen molar-refractivity contribution < 1.29 is 24.2 Å². The van der Waals surface area contributed by atoms with Gasteiger partial charge in [0.05, 0.1) is 5.92 Å². The highest BCUT2D eigenvalue weighted by molar-refractivity contribution is 5.91. The summed E-state index contributed by atoms with van der Waals surface area (Å²) in [5.41, 5.74) is 4.47. The zero-order valence-corrected chi connectivity index (χ0v) is 17.4. The summed E-state index contributed by atoms with van der Waals surface area (Å²) in [6, 6.07) is 16.1. The number of aromatic amines is 1. The van der Waals surface area contributed by atoms with Crippen LogP contribution in [-0.2, 0) is 9.53 Å². The van der Waals surface area contributed by atoms with E-state index in [1.807, 2.05) is 36.4 Å². The third-order valence-corrected chi connectivity index (χ3v) is 6.02. The molecule has 10 heteroatoms. The Kier molecular flexibility index (Phi) is 5.25. The number of hydrogen-bond acceptors (Lipinski definition) is 6. The molecule has 1 aromatic heterocycles. The topological polar surface area (TPSA) is 146 Å². The fourth-order valence-corrected chi connectivity index (χ4v) is 4.23. The van der Waals surface area contributed by atoms with Gasteiger partial charge in [-0.1, -0.05) is 48.5 Å². The van der Waals surface area contributed by atoms with Crippen LogP contribution in [0, 0.1) is 11.8 Å². The molecule has 0 saturated heterocycles. The molecule has 2 aliphatic carbocycles. The maximum Gasteiger partial charge on any atom is 0.414 e. The monoisotopic (exact) mass is 447 g/mol. The number of benzene rings is 2. The molecule has 2 amide bonds. The van der Waals surface area contributed by atoms with E-state index in [0.29, 0.717) is 6.42 Å². The standard InChI is InChI=1S/C23H21N5O5/c29-20(24-10-12-9-17(12)21(30)31)19-25-22(28-27-19)26-23(32)33-11-18-15-7-3-1-5-13(15)14-6-2-4-8-16(14)18/h1-8,12,17-18H,9-11H2,(H,24,29)(H,30,31)(H2,25,26,27,28,32)/t12-,17-/m1/s1. The molecular weight excluding hydrogens is 426 g/mol. The molecule has 5 rings (SSSR count). The van der Waals surface area contributed by atoms with Crippen LogP contribution in [0.4, 0.5) is 10.7 Å². The second-order valence-corrected chi connectivity index (χ2v) is 8.11. The van der Waals surface area contributed by atoms with Gasteiger partial charge in [0.15, 0.2) is 0 Å². The van der Waals surface area contributed by atoms with Gasteiger partial charge in [-0.2, -0.15) is 4.98 Å². The van der Waals surface area contributed by atoms with E-state index in [1.54, 1.807) is 0 Å². The average Bonchev–Trinajstić information content (AvgIpc) is 3.35. The van der Waals surface area contributed by atoms with E-state index in [2.05, 4.69) is 37.9 Å². The van der Waals surface area contributed by atoms with Crippen LogP contribution in [-0.4, -0.2) is 51.4 Å². The van der Waals surface area contributed by atoms with Crippen molar-refractivity contribution in [2.45, 2.75) is 12.3 Å². The first kappa shape index (κ1) is 20.7. The van der Waals surface area contributed by atoms with Gasteiger partial charge >= 0.3 is 12.1 Å². The molecule has 3 aromatic rings. The fourth-order valence-electron chi connectivity index (χ4n) is 4.23. The van der Waals surface area contributed by atoms with Gasteiger partial charge in [0.2, 0.25) is 5.82 Å². The molecule has 2 aromatic carbocycles. The molecule has 0 spiro atoms. The molecule has 10 nitrogen and oxygen atoms in total. The molecule has 1 heterocycles. The summed E-state index contributed by atoms with van der Waals surface area (Å²) < 4.78 is 5.43. The highest BCUT2D eigenvalue weighted by Gasteiger charge is 2.43. The lowest BCUT2D eigenvalue weighted by molar-refractivity contribution is -0.138. The van der Waals surface area contributed by atoms with Crippen LogP contribution in [0.3, 0.4) is 0 Å². The predicted octanol–water partition coefficient (Wildman–Crippen LogP) is 2.62. The third-order valence-electron chi connectivity index (χ3n) is 6.02. The Balaban J connectivity index is 1.15. The minimum Gasteiger partial charge on any atom is -0.481 e. The summed E-state index contributed by atoms with van der Waals surface area (Å²) in [7, 11) is 0. The van der Waals surface area contributed by atoms with Crippen molar-refractivity contribution in [2.24, 2.45) is 11.8 Å². The van der Waals surface area contributed by atoms with Crippen LogP contribution < -0.4 is 10.6 Å². The number of carbonyl (C=O) groups excluding carboxylic acids is 2. The van der Waals surface area contributed by atoms with Crippen LogP contribution in [0.15, 0.2) is 48.5 Å². The summed E-state index contributed by atoms with van der Waals surface area (Å²) >= 11 is 0. The number of carbonyl (C=O) groups is 3. The van der Waals surface area contributed by atoms with Gasteiger partial charge in [0.1, 0.15) is 6.61 Å². The largest absolute Gasteiger partial charge is 0.481 e. The summed E-state index contributed by atoms with van der Waals surface area (Å²) in [6.45, 7) is 0.384. The lowest BCUT2D eigenvalue weighted by Gasteiger charge is -2.13. The Morgan fingerprint density at radius 1 is 1.06 bits per heavy atom. The number of rotatable bonds is 7. The summed E-state index contributed by atoms with van der Waals surface area (Å²) in [6.07, 6.45) is -0.189. The molecular formula is C23H21N5O5. The van der Waals surface area contributed by atoms with Crippen molar-refractivity contribution >= 4 is 23.9 Å². The molecule has 2 atom stereocenters. The summed E-state index contributed by atoms with van der Waals surface area (Å²) in [4.78, 5) is 39.3. The normalized spacial score (nSPS) is 18.2. The van der Waals surface area contributed by atoms with Gasteiger partial charge in [-0.25, -0.2) is 4.79 Å². The minimum absolute atomic E-state index is 0.0753. The van der Waals surface area contributed by atoms with Crippen molar-refractivity contribution in [3.05, 3.63) is 65.5 Å². The lowest BCUT2D eigenvalue weighted by Crippen LogP contribution is -2.27. The quantitative estimate of drug-likeness (QED) is 0.435. The molecule has 0 unspecified atom stereocenters. The van der Waals surface area contributed by atoms with E-state index in [0.717, 1.165) is 22.3 Å². The molecule has 1 fully saturated rings. The smallest absolute Gasteiger partial charge is 0.414 e. The van der Waals surface area contributed by atoms with Gasteiger partial charge in [0, 0.05) is 12.5 Å². The van der Waals surface area contributed by atoms with Gasteiger partial charge < -0.3 is 15.2 Å². The first-order valence-electron chi connectivity index (χ1n) is 10.6. The number of carboxylic acid groups (broad SMARTS) is 1. The molecule has 2 aliphatic rings. The number of ether oxygens (including phenoxy) is 1. The van der Waals surface area contributed by atoms with Gasteiger partial charge in [-0.3, -0.25) is 20.0 Å². The van der Waals surface area contributed by atoms with Crippen molar-refractivity contribution in [1.29, 1.82) is 0 Å². The number of hydrogen-bond donors (Lipinski definition) is 4. The van der Waals surface area contributed by atoms with Crippen LogP contribution >= 0.6 is 0 Å². The van der Waals surface area contributed by atoms with E-state index in [-0.39, 0.29) is 36.8 Å². The maximum atomic E-state index is 12.3. The first-order chi connectivity index (χ1) is 16.0. The second kappa shape index (κ2) is 8.38. The second-order valence-electron chi connectivity index (χ2n) is 8.11. The Bertz CT molecular complexity index is 1190. The van der Waals surface area contributed by atoms with Gasteiger partial charge in [-0.05, 0) is 34.6 Å². The summed E-state index contributed by atoms with van der Waals surface area (Å²) in [5.74, 6) is -2.13. The number of nitrogens with one attached hydrogen (secondary N) is 3. The van der Waals surface area contributed by atoms with Crippen LogP contribution in [0.5, 0.6) is 0 Å². The average molecular weight is 447 g/mol. The van der Waals surface area contributed by atoms with Crippen molar-refractivity contribution in [3.8, 4) is 11.1 Å². The minimum atomic E-state index is -0.858. The Morgan fingerprint density at radius 3 is 2.36 bits per heavy atom. The highest BCUT2D eigenvalue weighted by atomic mass is 16.5. The number of H-pyrrole nitrogens is 1. The van der Waals surface area contributed by atoms with Crippen molar-refractivity contribution in [1.82, 2.24) is 20.5 Å². The number of fused-ring (bicyclic) bond motifs is 3. The zero-order valence-electron chi connectivity index (χ0n) is 17.4. The number of amides is 2. The fraction of sp³-hybridized carbons (Fsp3) is 0.261. The van der Waals surface area contributed by atoms with E-state index in [4.69, 9.17) is 9.84 Å². The van der Waals surface area contributed by atoms with E-state index >= 15 is 0 Å². The van der Waals surface area contributed by atoms with E-state index in [9.17, 15) is 14.4 Å². The van der Waals surface area contributed by atoms with Crippen molar-refractivity contribution in [3.63, 3.8) is 0 Å². The number of anilines is 1. The Morgan fingerprint density at radius 2 is 1.73 bits per heavy atom. The lowest BCUT2D eigenvalue weighted by atomic mass is 9.98. The zero-order chi connectivity index (χ0) is 22.9. The van der Waals surface area contributed by atoms with Gasteiger partial charge in [-0.15, -0.1) is 5.10 Å². The van der Waals surface area contributed by atoms with E-state index < -0.39 is 23.9 Å². The van der Waals surface area contributed by atoms with Crippen LogP contribution in [0.1, 0.15) is 34.1 Å². The molecule has 0 bridgehead atoms. The predicted molar refractivity (Wildman–Crippen MR) is 117 cm³/mol. The number of carboxylic acids is 1. The number of aromatic nitrogens is 3. The number of nitrogens with zero attached hydrogens (tertiary/aromatic N) is 2. The maximum absolute atomic E-state index is 12.3. The number of aliphatic carboxylic acids is 1. The SMILES string of the molecule is O=C(Nc1n[nH]c(C(=O)NC[C@H]2C[C@H]2C(=O)O)n1)OCC1c2ccccc2-c2ccccc21. The molecule has 1 saturated carbocycles. The molecule has 168 valence electrons. The first-order valence-corrected chi connectivity index (χ1v) is 10.6. The van der Waals surface area contributed by atoms with E-state index in [1.165, 1.54) is 0 Å². The molecule has 0 aliphatic heterocycles. The molecule has 33 heavy (non-hydrogen) atoms. The summed E-state index contributed by atoms with van der Waals surface area (Å²) in [5, 5.41) is 20.2. The molecule has 0 radical (unpaired) electrons. The Hall–Kier alpha value is -4.21. The third kappa shape index (κ3) is 4.14. The van der Waals surface area contributed by atoms with Crippen LogP contribution in [0.2, 0.25) is 0 Å². The Labute approximate surface area is 188 Å². The highest BCUT2D eigenvalue weighted by Crippen LogP contribution is 2.44. The van der Waals surface area contributed by atoms with Crippen molar-refractivity contribution in [2.75, 3.05) is 18.5 Å².